The molecule has 2 unspecified atom stereocenters. The van der Waals surface area contributed by atoms with Crippen LogP contribution in [0.25, 0.3) is 0 Å². The highest BCUT2D eigenvalue weighted by Gasteiger charge is 2.51. The van der Waals surface area contributed by atoms with Crippen molar-refractivity contribution in [3.63, 3.8) is 0 Å². The van der Waals surface area contributed by atoms with Gasteiger partial charge in [0, 0.05) is 26.1 Å². The summed E-state index contributed by atoms with van der Waals surface area (Å²) >= 11 is 0. The fourth-order valence-corrected chi connectivity index (χ4v) is 4.44. The topological polar surface area (TPSA) is 83.9 Å². The Morgan fingerprint density at radius 3 is 2.59 bits per heavy atom. The lowest BCUT2D eigenvalue weighted by Crippen LogP contribution is -2.53. The molecule has 128 valence electrons. The van der Waals surface area contributed by atoms with Crippen molar-refractivity contribution in [2.45, 2.75) is 38.2 Å². The van der Waals surface area contributed by atoms with Crippen LogP contribution in [0.3, 0.4) is 0 Å². The SMILES string of the molecule is CCOC(CS(=O)(=O)N1CCC(F)(F)C(C(=O)O)C1)C1CC1. The average molecular weight is 341 g/mol. The molecule has 1 N–H and O–H groups in total. The molecule has 0 bridgehead atoms. The Bertz CT molecular complexity index is 521. The standard InChI is InChI=1S/C13H21F2NO5S/c1-2-21-11(9-3-4-9)8-22(19,20)16-6-5-13(14,15)10(7-16)12(17)18/h9-11H,2-8H2,1H3,(H,17,18). The molecule has 1 heterocycles. The molecule has 22 heavy (non-hydrogen) atoms. The summed E-state index contributed by atoms with van der Waals surface area (Å²) in [6.45, 7) is 1.10. The van der Waals surface area contributed by atoms with Gasteiger partial charge in [0.1, 0.15) is 5.92 Å². The normalized spacial score (nSPS) is 27.5. The maximum atomic E-state index is 13.6. The molecule has 2 rings (SSSR count). The van der Waals surface area contributed by atoms with E-state index in [-0.39, 0.29) is 18.2 Å². The highest BCUT2D eigenvalue weighted by atomic mass is 32.2. The zero-order valence-corrected chi connectivity index (χ0v) is 13.2. The monoisotopic (exact) mass is 341 g/mol. The smallest absolute Gasteiger partial charge is 0.313 e. The van der Waals surface area contributed by atoms with Gasteiger partial charge in [-0.3, -0.25) is 4.79 Å². The van der Waals surface area contributed by atoms with Crippen LogP contribution < -0.4 is 0 Å². The van der Waals surface area contributed by atoms with E-state index in [9.17, 15) is 22.0 Å². The van der Waals surface area contributed by atoms with Gasteiger partial charge in [-0.1, -0.05) is 0 Å². The van der Waals surface area contributed by atoms with E-state index >= 15 is 0 Å². The zero-order valence-electron chi connectivity index (χ0n) is 12.4. The Hall–Kier alpha value is -0.800. The number of aliphatic carboxylic acids is 1. The maximum Gasteiger partial charge on any atom is 0.313 e. The summed E-state index contributed by atoms with van der Waals surface area (Å²) in [4.78, 5) is 11.0. The van der Waals surface area contributed by atoms with Crippen LogP contribution >= 0.6 is 0 Å². The first-order valence-electron chi connectivity index (χ1n) is 7.37. The first kappa shape index (κ1) is 17.6. The van der Waals surface area contributed by atoms with Crippen LogP contribution in [0.15, 0.2) is 0 Å². The zero-order chi connectivity index (χ0) is 16.5. The molecule has 1 saturated carbocycles. The van der Waals surface area contributed by atoms with Crippen LogP contribution in [0.1, 0.15) is 26.2 Å². The van der Waals surface area contributed by atoms with Gasteiger partial charge >= 0.3 is 5.97 Å². The average Bonchev–Trinajstić information content (AvgIpc) is 3.21. The number of carboxylic acids is 1. The predicted molar refractivity (Wildman–Crippen MR) is 74.2 cm³/mol. The van der Waals surface area contributed by atoms with Gasteiger partial charge in [0.15, 0.2) is 0 Å². The molecule has 0 aromatic carbocycles. The summed E-state index contributed by atoms with van der Waals surface area (Å²) in [5.74, 6) is -7.14. The van der Waals surface area contributed by atoms with Crippen molar-refractivity contribution in [3.8, 4) is 0 Å². The minimum absolute atomic E-state index is 0.191. The highest BCUT2D eigenvalue weighted by Crippen LogP contribution is 2.37. The number of piperidine rings is 1. The first-order chi connectivity index (χ1) is 10.2. The number of carboxylic acid groups (broad SMARTS) is 1. The Labute approximate surface area is 128 Å². The van der Waals surface area contributed by atoms with Crippen molar-refractivity contribution in [1.82, 2.24) is 4.31 Å². The summed E-state index contributed by atoms with van der Waals surface area (Å²) in [5, 5.41) is 8.90. The number of alkyl halides is 2. The first-order valence-corrected chi connectivity index (χ1v) is 8.98. The number of rotatable bonds is 7. The number of halogens is 2. The van der Waals surface area contributed by atoms with Crippen molar-refractivity contribution < 1.29 is 31.8 Å². The molecule has 1 aliphatic carbocycles. The van der Waals surface area contributed by atoms with Gasteiger partial charge in [0.05, 0.1) is 11.9 Å². The van der Waals surface area contributed by atoms with E-state index in [2.05, 4.69) is 0 Å². The van der Waals surface area contributed by atoms with E-state index in [1.54, 1.807) is 6.92 Å². The van der Waals surface area contributed by atoms with Gasteiger partial charge in [-0.2, -0.15) is 0 Å². The van der Waals surface area contributed by atoms with E-state index in [1.165, 1.54) is 0 Å². The molecule has 1 aliphatic heterocycles. The predicted octanol–water partition coefficient (Wildman–Crippen LogP) is 1.17. The molecular formula is C13H21F2NO5S. The van der Waals surface area contributed by atoms with Crippen LogP contribution in [0.5, 0.6) is 0 Å². The lowest BCUT2D eigenvalue weighted by atomic mass is 9.95. The quantitative estimate of drug-likeness (QED) is 0.751. The summed E-state index contributed by atoms with van der Waals surface area (Å²) in [6.07, 6.45) is 0.582. The van der Waals surface area contributed by atoms with Gasteiger partial charge in [0.2, 0.25) is 10.0 Å². The molecule has 2 atom stereocenters. The van der Waals surface area contributed by atoms with Gasteiger partial charge in [-0.05, 0) is 25.7 Å². The Balaban J connectivity index is 2.07. The van der Waals surface area contributed by atoms with Gasteiger partial charge in [-0.25, -0.2) is 21.5 Å². The van der Waals surface area contributed by atoms with Gasteiger partial charge in [-0.15, -0.1) is 0 Å². The third kappa shape index (κ3) is 3.94. The number of hydrogen-bond donors (Lipinski definition) is 1. The van der Waals surface area contributed by atoms with Crippen molar-refractivity contribution in [2.75, 3.05) is 25.4 Å². The third-order valence-corrected chi connectivity index (χ3v) is 6.05. The fraction of sp³-hybridized carbons (Fsp3) is 0.923. The summed E-state index contributed by atoms with van der Waals surface area (Å²) < 4.78 is 58.2. The van der Waals surface area contributed by atoms with Crippen molar-refractivity contribution in [3.05, 3.63) is 0 Å². The van der Waals surface area contributed by atoms with E-state index in [4.69, 9.17) is 9.84 Å². The minimum atomic E-state index is -3.81. The number of sulfonamides is 1. The van der Waals surface area contributed by atoms with Gasteiger partial charge < -0.3 is 9.84 Å². The molecule has 9 heteroatoms. The summed E-state index contributed by atoms with van der Waals surface area (Å²) in [6, 6.07) is 0. The second kappa shape index (κ2) is 6.37. The molecule has 0 aromatic rings. The minimum Gasteiger partial charge on any atom is -0.481 e. The second-order valence-electron chi connectivity index (χ2n) is 5.87. The van der Waals surface area contributed by atoms with Crippen LogP contribution in [-0.2, 0) is 19.6 Å². The molecule has 1 saturated heterocycles. The number of ether oxygens (including phenoxy) is 1. The molecule has 0 aromatic heterocycles. The van der Waals surface area contributed by atoms with Crippen LogP contribution in [0.4, 0.5) is 8.78 Å². The maximum absolute atomic E-state index is 13.6. The Morgan fingerprint density at radius 1 is 1.45 bits per heavy atom. The second-order valence-corrected chi connectivity index (χ2v) is 7.88. The Kier molecular flexibility index (Phi) is 5.08. The summed E-state index contributed by atoms with van der Waals surface area (Å²) in [5.41, 5.74) is 0. The van der Waals surface area contributed by atoms with E-state index < -0.39 is 46.9 Å². The summed E-state index contributed by atoms with van der Waals surface area (Å²) in [7, 11) is -3.81. The van der Waals surface area contributed by atoms with Crippen molar-refractivity contribution in [1.29, 1.82) is 0 Å². The largest absolute Gasteiger partial charge is 0.481 e. The van der Waals surface area contributed by atoms with Gasteiger partial charge in [0.25, 0.3) is 5.92 Å². The van der Waals surface area contributed by atoms with Crippen LogP contribution in [0, 0.1) is 11.8 Å². The van der Waals surface area contributed by atoms with E-state index in [0.29, 0.717) is 6.61 Å². The number of nitrogens with zero attached hydrogens (tertiary/aromatic N) is 1. The molecule has 0 spiro atoms. The molecular weight excluding hydrogens is 320 g/mol. The molecule has 2 fully saturated rings. The third-order valence-electron chi connectivity index (χ3n) is 4.19. The van der Waals surface area contributed by atoms with E-state index in [1.807, 2.05) is 0 Å². The number of carbonyl (C=O) groups is 1. The Morgan fingerprint density at radius 2 is 2.09 bits per heavy atom. The van der Waals surface area contributed by atoms with Crippen LogP contribution in [-0.4, -0.2) is 61.3 Å². The molecule has 6 nitrogen and oxygen atoms in total. The molecule has 2 aliphatic rings. The lowest BCUT2D eigenvalue weighted by Gasteiger charge is -2.36. The van der Waals surface area contributed by atoms with Crippen molar-refractivity contribution in [2.24, 2.45) is 11.8 Å². The molecule has 0 radical (unpaired) electrons. The van der Waals surface area contributed by atoms with Crippen LogP contribution in [0.2, 0.25) is 0 Å². The van der Waals surface area contributed by atoms with E-state index in [0.717, 1.165) is 17.1 Å². The number of hydrogen-bond acceptors (Lipinski definition) is 4. The fourth-order valence-electron chi connectivity index (χ4n) is 2.70. The molecule has 0 amide bonds. The lowest BCUT2D eigenvalue weighted by molar-refractivity contribution is -0.163. The highest BCUT2D eigenvalue weighted by molar-refractivity contribution is 7.89. The van der Waals surface area contributed by atoms with Crippen molar-refractivity contribution >= 4 is 16.0 Å².